The number of benzene rings is 1. The van der Waals surface area contributed by atoms with Crippen LogP contribution in [-0.2, 0) is 4.74 Å². The maximum atomic E-state index is 14.6. The Morgan fingerprint density at radius 1 is 1.54 bits per heavy atom. The van der Waals surface area contributed by atoms with Crippen LogP contribution < -0.4 is 26.7 Å². The third kappa shape index (κ3) is 3.66. The van der Waals surface area contributed by atoms with Gasteiger partial charge in [-0.15, -0.1) is 5.10 Å². The molecule has 1 aliphatic carbocycles. The highest BCUT2D eigenvalue weighted by Crippen LogP contribution is 2.40. The summed E-state index contributed by atoms with van der Waals surface area (Å²) in [5.74, 6) is 5.59. The largest absolute Gasteiger partial charge is 0.489 e. The number of fused-ring (bicyclic) bond motifs is 1. The molecule has 1 fully saturated rings. The highest BCUT2D eigenvalue weighted by molar-refractivity contribution is 6.31. The Labute approximate surface area is 144 Å². The third-order valence-corrected chi connectivity index (χ3v) is 4.36. The van der Waals surface area contributed by atoms with Crippen LogP contribution in [0.2, 0.25) is 5.02 Å². The monoisotopic (exact) mass is 357 g/mol. The van der Waals surface area contributed by atoms with Crippen molar-refractivity contribution in [1.29, 1.82) is 0 Å². The highest BCUT2D eigenvalue weighted by Gasteiger charge is 2.28. The zero-order chi connectivity index (χ0) is 17.1. The number of nitrogens with zero attached hydrogens (tertiary/aromatic N) is 2. The summed E-state index contributed by atoms with van der Waals surface area (Å²) in [6.07, 6.45) is 2.49. The van der Waals surface area contributed by atoms with Gasteiger partial charge in [0.1, 0.15) is 12.4 Å². The molecule has 132 valence electrons. The Bertz CT molecular complexity index is 639. The number of hydrogen-bond donors (Lipinski definition) is 3. The van der Waals surface area contributed by atoms with E-state index in [9.17, 15) is 4.39 Å². The lowest BCUT2D eigenvalue weighted by molar-refractivity contribution is 0.129. The smallest absolute Gasteiger partial charge is 0.157 e. The Hall–Kier alpha value is -1.77. The van der Waals surface area contributed by atoms with Gasteiger partial charge in [0.25, 0.3) is 0 Å². The van der Waals surface area contributed by atoms with E-state index in [0.717, 1.165) is 6.61 Å². The van der Waals surface area contributed by atoms with E-state index in [1.165, 1.54) is 18.9 Å². The number of nitrogens with two attached hydrogens (primary N) is 2. The van der Waals surface area contributed by atoms with Gasteiger partial charge in [0.2, 0.25) is 0 Å². The molecule has 0 radical (unpaired) electrons. The van der Waals surface area contributed by atoms with Gasteiger partial charge >= 0.3 is 0 Å². The zero-order valence-electron chi connectivity index (χ0n) is 13.2. The van der Waals surface area contributed by atoms with E-state index in [1.54, 1.807) is 0 Å². The summed E-state index contributed by atoms with van der Waals surface area (Å²) in [6.45, 7) is 2.99. The molecule has 3 rings (SSSR count). The van der Waals surface area contributed by atoms with E-state index >= 15 is 0 Å². The topological polar surface area (TPSA) is 98.1 Å². The van der Waals surface area contributed by atoms with Crippen molar-refractivity contribution in [1.82, 2.24) is 5.53 Å². The van der Waals surface area contributed by atoms with Crippen LogP contribution in [0.25, 0.3) is 0 Å². The molecule has 1 aromatic rings. The van der Waals surface area contributed by atoms with Crippen molar-refractivity contribution in [2.75, 3.05) is 37.8 Å². The minimum absolute atomic E-state index is 0.0780. The predicted molar refractivity (Wildman–Crippen MR) is 90.7 cm³/mol. The number of halogens is 2. The lowest BCUT2D eigenvalue weighted by Crippen LogP contribution is -2.38. The second-order valence-electron chi connectivity index (χ2n) is 5.87. The van der Waals surface area contributed by atoms with Crippen molar-refractivity contribution in [2.24, 2.45) is 22.6 Å². The fraction of sp³-hybridized carbons (Fsp3) is 0.533. The number of anilines is 1. The summed E-state index contributed by atoms with van der Waals surface area (Å²) in [7, 11) is 0. The van der Waals surface area contributed by atoms with Crippen LogP contribution in [0.1, 0.15) is 18.4 Å². The summed E-state index contributed by atoms with van der Waals surface area (Å²) in [5, 5.41) is 3.60. The van der Waals surface area contributed by atoms with Gasteiger partial charge in [0, 0.05) is 19.2 Å². The van der Waals surface area contributed by atoms with Gasteiger partial charge in [-0.05, 0) is 18.8 Å². The average Bonchev–Trinajstić information content (AvgIpc) is 3.37. The maximum Gasteiger partial charge on any atom is 0.157 e. The van der Waals surface area contributed by atoms with E-state index in [4.69, 9.17) is 32.7 Å². The second-order valence-corrected chi connectivity index (χ2v) is 6.28. The summed E-state index contributed by atoms with van der Waals surface area (Å²) in [4.78, 5) is 1.97. The summed E-state index contributed by atoms with van der Waals surface area (Å²) >= 11 is 5.95. The molecular weight excluding hydrogens is 337 g/mol. The molecule has 1 heterocycles. The van der Waals surface area contributed by atoms with Crippen LogP contribution in [0.15, 0.2) is 11.2 Å². The molecule has 1 aliphatic heterocycles. The van der Waals surface area contributed by atoms with Crippen LogP contribution in [-0.4, -0.2) is 38.7 Å². The van der Waals surface area contributed by atoms with E-state index < -0.39 is 5.82 Å². The molecule has 0 spiro atoms. The molecule has 1 saturated carbocycles. The lowest BCUT2D eigenvalue weighted by atomic mass is 10.1. The minimum atomic E-state index is -0.652. The molecule has 7 nitrogen and oxygen atoms in total. The van der Waals surface area contributed by atoms with E-state index in [-0.39, 0.29) is 16.4 Å². The molecule has 0 atom stereocenters. The standard InChI is InChI=1S/C15H21ClFN5O2/c16-10-7-11-14(12(13(10)17)15(18)20-21-19)22(4-6-24-11)3-5-23-8-9-1-2-9/h7,9,21H,1-6,8,19H2,(H2,18,20). The van der Waals surface area contributed by atoms with Crippen LogP contribution in [0.3, 0.4) is 0 Å². The number of ether oxygens (including phenoxy) is 2. The Kier molecular flexibility index (Phi) is 5.27. The van der Waals surface area contributed by atoms with Gasteiger partial charge in [-0.3, -0.25) is 0 Å². The molecule has 1 aromatic carbocycles. The number of hydrogen-bond acceptors (Lipinski definition) is 6. The number of amidine groups is 1. The van der Waals surface area contributed by atoms with Crippen molar-refractivity contribution >= 4 is 23.1 Å². The second kappa shape index (κ2) is 7.42. The van der Waals surface area contributed by atoms with E-state index in [0.29, 0.717) is 43.7 Å². The van der Waals surface area contributed by atoms with Crippen molar-refractivity contribution in [3.8, 4) is 5.75 Å². The van der Waals surface area contributed by atoms with Crippen LogP contribution in [0.5, 0.6) is 5.75 Å². The van der Waals surface area contributed by atoms with Crippen molar-refractivity contribution in [2.45, 2.75) is 12.8 Å². The molecule has 0 bridgehead atoms. The van der Waals surface area contributed by atoms with E-state index in [2.05, 4.69) is 10.6 Å². The van der Waals surface area contributed by atoms with Gasteiger partial charge in [0.15, 0.2) is 11.7 Å². The summed E-state index contributed by atoms with van der Waals surface area (Å²) in [6, 6.07) is 1.45. The van der Waals surface area contributed by atoms with Crippen LogP contribution >= 0.6 is 11.6 Å². The third-order valence-electron chi connectivity index (χ3n) is 4.09. The lowest BCUT2D eigenvalue weighted by Gasteiger charge is -2.33. The predicted octanol–water partition coefficient (Wildman–Crippen LogP) is 1.19. The first kappa shape index (κ1) is 17.1. The van der Waals surface area contributed by atoms with Crippen molar-refractivity contribution in [3.63, 3.8) is 0 Å². The Balaban J connectivity index is 1.85. The van der Waals surface area contributed by atoms with Gasteiger partial charge in [-0.25, -0.2) is 15.8 Å². The summed E-state index contributed by atoms with van der Waals surface area (Å²) in [5.41, 5.74) is 8.54. The molecule has 0 saturated heterocycles. The molecule has 0 unspecified atom stereocenters. The first-order chi connectivity index (χ1) is 11.6. The first-order valence-electron chi connectivity index (χ1n) is 7.88. The summed E-state index contributed by atoms with van der Waals surface area (Å²) < 4.78 is 25.9. The Morgan fingerprint density at radius 2 is 2.33 bits per heavy atom. The van der Waals surface area contributed by atoms with Gasteiger partial charge in [0.05, 0.1) is 29.4 Å². The number of nitrogens with one attached hydrogen (secondary N) is 1. The fourth-order valence-electron chi connectivity index (χ4n) is 2.69. The molecule has 2 aliphatic rings. The van der Waals surface area contributed by atoms with Gasteiger partial charge < -0.3 is 20.1 Å². The maximum absolute atomic E-state index is 14.6. The molecule has 24 heavy (non-hydrogen) atoms. The highest BCUT2D eigenvalue weighted by atomic mass is 35.5. The molecule has 0 amide bonds. The average molecular weight is 358 g/mol. The quantitative estimate of drug-likeness (QED) is 0.223. The molecule has 9 heteroatoms. The van der Waals surface area contributed by atoms with Crippen LogP contribution in [0.4, 0.5) is 10.1 Å². The number of hydrazone groups is 1. The molecular formula is C15H21ClFN5O2. The van der Waals surface area contributed by atoms with Gasteiger partial charge in [-0.1, -0.05) is 11.6 Å². The Morgan fingerprint density at radius 3 is 3.04 bits per heavy atom. The molecule has 0 aromatic heterocycles. The SMILES string of the molecule is NN/N=C(\N)c1c(F)c(Cl)cc2c1N(CCOCC1CC1)CCO2. The van der Waals surface area contributed by atoms with Gasteiger partial charge in [-0.2, -0.15) is 0 Å². The first-order valence-corrected chi connectivity index (χ1v) is 8.26. The van der Waals surface area contributed by atoms with Crippen molar-refractivity contribution < 1.29 is 13.9 Å². The van der Waals surface area contributed by atoms with Crippen LogP contribution in [0, 0.1) is 11.7 Å². The fourth-order valence-corrected chi connectivity index (χ4v) is 2.88. The van der Waals surface area contributed by atoms with E-state index in [1.807, 2.05) is 4.90 Å². The number of hydrazine groups is 1. The van der Waals surface area contributed by atoms with Crippen molar-refractivity contribution in [3.05, 3.63) is 22.5 Å². The molecule has 5 N–H and O–H groups in total. The number of rotatable bonds is 7. The normalized spacial score (nSPS) is 17.5. The zero-order valence-corrected chi connectivity index (χ0v) is 14.0. The minimum Gasteiger partial charge on any atom is -0.489 e.